The van der Waals surface area contributed by atoms with E-state index in [1.165, 1.54) is 4.90 Å². The van der Waals surface area contributed by atoms with Crippen LogP contribution in [0.2, 0.25) is 0 Å². The summed E-state index contributed by atoms with van der Waals surface area (Å²) in [7, 11) is 0. The quantitative estimate of drug-likeness (QED) is 0.498. The van der Waals surface area contributed by atoms with Crippen molar-refractivity contribution in [3.63, 3.8) is 0 Å². The number of aliphatic hydroxyl groups is 2. The smallest absolute Gasteiger partial charge is 0.255 e. The third kappa shape index (κ3) is 4.47. The number of fused-ring (bicyclic) bond motifs is 1. The Balaban J connectivity index is 1.33. The van der Waals surface area contributed by atoms with E-state index in [1.54, 1.807) is 20.0 Å². The van der Waals surface area contributed by atoms with Gasteiger partial charge in [-0.15, -0.1) is 0 Å². The van der Waals surface area contributed by atoms with Gasteiger partial charge in [-0.2, -0.15) is 0 Å². The molecule has 4 N–H and O–H groups in total. The van der Waals surface area contributed by atoms with E-state index in [4.69, 9.17) is 0 Å². The Morgan fingerprint density at radius 1 is 1.16 bits per heavy atom. The molecule has 0 unspecified atom stereocenters. The SMILES string of the molecule is Cc1ncc2c(n1)CN(C(=O)[C@H](O)[C@@H](O)C(=O)N[C@H](C)c1ccc(N3C=CCN3)cc1)C2. The topological polar surface area (TPSA) is 131 Å². The Morgan fingerprint density at radius 2 is 1.91 bits per heavy atom. The van der Waals surface area contributed by atoms with E-state index in [0.29, 0.717) is 11.5 Å². The Morgan fingerprint density at radius 3 is 2.59 bits per heavy atom. The van der Waals surface area contributed by atoms with Crippen LogP contribution in [0.1, 0.15) is 35.6 Å². The van der Waals surface area contributed by atoms with Crippen LogP contribution in [0.5, 0.6) is 0 Å². The minimum atomic E-state index is -1.89. The summed E-state index contributed by atoms with van der Waals surface area (Å²) >= 11 is 0. The summed E-state index contributed by atoms with van der Waals surface area (Å²) < 4.78 is 0. The van der Waals surface area contributed by atoms with E-state index in [0.717, 1.165) is 23.4 Å². The Kier molecular flexibility index (Phi) is 6.17. The van der Waals surface area contributed by atoms with Crippen LogP contribution in [0.4, 0.5) is 5.69 Å². The highest BCUT2D eigenvalue weighted by molar-refractivity contribution is 5.91. The first kappa shape index (κ1) is 21.9. The second kappa shape index (κ2) is 9.03. The molecule has 0 fully saturated rings. The van der Waals surface area contributed by atoms with Crippen molar-refractivity contribution in [3.8, 4) is 0 Å². The largest absolute Gasteiger partial charge is 0.380 e. The van der Waals surface area contributed by atoms with E-state index in [2.05, 4.69) is 20.7 Å². The van der Waals surface area contributed by atoms with Crippen LogP contribution in [0, 0.1) is 6.92 Å². The molecule has 0 saturated heterocycles. The van der Waals surface area contributed by atoms with Crippen LogP contribution in [-0.2, 0) is 22.7 Å². The fourth-order valence-corrected chi connectivity index (χ4v) is 3.72. The number of hydrogen-bond donors (Lipinski definition) is 4. The molecule has 1 aromatic heterocycles. The normalized spacial score (nSPS) is 17.8. The van der Waals surface area contributed by atoms with Crippen molar-refractivity contribution < 1.29 is 19.8 Å². The standard InChI is InChI=1S/C22H26N6O4/c1-13(15-4-6-17(7-5-15)28-9-3-8-24-28)25-21(31)19(29)20(30)22(32)27-11-16-10-23-14(2)26-18(16)12-27/h3-7,9-10,13,19-20,24,29-30H,8,11-12H2,1-2H3,(H,25,31)/t13-,19-,20-/m1/s1. The monoisotopic (exact) mass is 438 g/mol. The zero-order chi connectivity index (χ0) is 22.8. The third-order valence-corrected chi connectivity index (χ3v) is 5.57. The van der Waals surface area contributed by atoms with Gasteiger partial charge < -0.3 is 20.4 Å². The molecule has 10 nitrogen and oxygen atoms in total. The molecule has 0 bridgehead atoms. The summed E-state index contributed by atoms with van der Waals surface area (Å²) in [4.78, 5) is 34.9. The van der Waals surface area contributed by atoms with Gasteiger partial charge in [0.1, 0.15) is 5.82 Å². The molecule has 0 spiro atoms. The van der Waals surface area contributed by atoms with Crippen LogP contribution in [0.25, 0.3) is 0 Å². The van der Waals surface area contributed by atoms with Gasteiger partial charge in [0.2, 0.25) is 0 Å². The fourth-order valence-electron chi connectivity index (χ4n) is 3.72. The third-order valence-electron chi connectivity index (χ3n) is 5.57. The number of carbonyl (C=O) groups excluding carboxylic acids is 2. The van der Waals surface area contributed by atoms with Crippen molar-refractivity contribution in [1.82, 2.24) is 25.6 Å². The fraction of sp³-hybridized carbons (Fsp3) is 0.364. The number of aryl methyl sites for hydroxylation is 1. The number of carbonyl (C=O) groups is 2. The number of rotatable bonds is 6. The number of anilines is 1. The molecule has 168 valence electrons. The summed E-state index contributed by atoms with van der Waals surface area (Å²) in [5, 5.41) is 25.2. The van der Waals surface area contributed by atoms with Gasteiger partial charge in [0.15, 0.2) is 12.2 Å². The predicted molar refractivity (Wildman–Crippen MR) is 116 cm³/mol. The number of aliphatic hydroxyl groups excluding tert-OH is 2. The van der Waals surface area contributed by atoms with Gasteiger partial charge in [-0.3, -0.25) is 14.6 Å². The first-order valence-corrected chi connectivity index (χ1v) is 10.4. The highest BCUT2D eigenvalue weighted by atomic mass is 16.3. The zero-order valence-electron chi connectivity index (χ0n) is 17.9. The van der Waals surface area contributed by atoms with Crippen molar-refractivity contribution in [2.75, 3.05) is 11.6 Å². The Bertz CT molecular complexity index is 1040. The molecule has 2 amide bonds. The summed E-state index contributed by atoms with van der Waals surface area (Å²) in [6.07, 6.45) is 1.81. The number of aromatic nitrogens is 2. The van der Waals surface area contributed by atoms with E-state index in [9.17, 15) is 19.8 Å². The van der Waals surface area contributed by atoms with Crippen LogP contribution in [0.15, 0.2) is 42.7 Å². The van der Waals surface area contributed by atoms with Crippen molar-refractivity contribution in [1.29, 1.82) is 0 Å². The maximum atomic E-state index is 12.6. The molecule has 3 heterocycles. The molecule has 32 heavy (non-hydrogen) atoms. The molecule has 1 aromatic carbocycles. The van der Waals surface area contributed by atoms with Gasteiger partial charge in [0.25, 0.3) is 11.8 Å². The van der Waals surface area contributed by atoms with Gasteiger partial charge >= 0.3 is 0 Å². The molecular weight excluding hydrogens is 412 g/mol. The highest BCUT2D eigenvalue weighted by Crippen LogP contribution is 2.22. The van der Waals surface area contributed by atoms with Gasteiger partial charge in [-0.1, -0.05) is 18.2 Å². The van der Waals surface area contributed by atoms with Gasteiger partial charge in [-0.05, 0) is 31.5 Å². The van der Waals surface area contributed by atoms with E-state index >= 15 is 0 Å². The molecule has 10 heteroatoms. The molecule has 0 saturated carbocycles. The van der Waals surface area contributed by atoms with Crippen molar-refractivity contribution in [3.05, 3.63) is 65.4 Å². The van der Waals surface area contributed by atoms with Crippen LogP contribution < -0.4 is 15.8 Å². The zero-order valence-corrected chi connectivity index (χ0v) is 17.9. The van der Waals surface area contributed by atoms with Crippen molar-refractivity contribution in [2.24, 2.45) is 0 Å². The number of amides is 2. The molecule has 2 aromatic rings. The maximum Gasteiger partial charge on any atom is 0.255 e. The minimum absolute atomic E-state index is 0.201. The lowest BCUT2D eigenvalue weighted by molar-refractivity contribution is -0.153. The van der Waals surface area contributed by atoms with Gasteiger partial charge in [-0.25, -0.2) is 15.4 Å². The van der Waals surface area contributed by atoms with Gasteiger partial charge in [0.05, 0.1) is 24.0 Å². The summed E-state index contributed by atoms with van der Waals surface area (Å²) in [5.74, 6) is -0.960. The number of nitrogens with one attached hydrogen (secondary N) is 2. The number of nitrogens with zero attached hydrogens (tertiary/aromatic N) is 4. The molecule has 4 rings (SSSR count). The van der Waals surface area contributed by atoms with E-state index in [-0.39, 0.29) is 13.1 Å². The van der Waals surface area contributed by atoms with Crippen molar-refractivity contribution >= 4 is 17.5 Å². The summed E-state index contributed by atoms with van der Waals surface area (Å²) in [6.45, 7) is 4.71. The lowest BCUT2D eigenvalue weighted by Crippen LogP contribution is -2.50. The Hall–Kier alpha value is -3.34. The second-order valence-corrected chi connectivity index (χ2v) is 7.91. The second-order valence-electron chi connectivity index (χ2n) is 7.91. The summed E-state index contributed by atoms with van der Waals surface area (Å²) in [6, 6.07) is 7.12. The van der Waals surface area contributed by atoms with Crippen LogP contribution in [-0.4, -0.2) is 55.6 Å². The highest BCUT2D eigenvalue weighted by Gasteiger charge is 2.36. The average molecular weight is 438 g/mol. The van der Waals surface area contributed by atoms with E-state index in [1.807, 2.05) is 41.6 Å². The molecule has 0 aliphatic carbocycles. The predicted octanol–water partition coefficient (Wildman–Crippen LogP) is 0.0647. The lowest BCUT2D eigenvalue weighted by Gasteiger charge is -2.24. The van der Waals surface area contributed by atoms with Crippen LogP contribution in [0.3, 0.4) is 0 Å². The molecular formula is C22H26N6O4. The molecule has 0 radical (unpaired) electrons. The Labute approximate surface area is 185 Å². The van der Waals surface area contributed by atoms with Crippen LogP contribution >= 0.6 is 0 Å². The number of benzene rings is 1. The summed E-state index contributed by atoms with van der Waals surface area (Å²) in [5.41, 5.74) is 6.43. The van der Waals surface area contributed by atoms with E-state index < -0.39 is 30.1 Å². The first-order chi connectivity index (χ1) is 15.3. The molecule has 2 aliphatic rings. The maximum absolute atomic E-state index is 12.6. The molecule has 2 aliphatic heterocycles. The lowest BCUT2D eigenvalue weighted by atomic mass is 10.1. The van der Waals surface area contributed by atoms with Gasteiger partial charge in [0, 0.05) is 31.0 Å². The number of hydrogen-bond acceptors (Lipinski definition) is 8. The average Bonchev–Trinajstić information content (AvgIpc) is 3.47. The minimum Gasteiger partial charge on any atom is -0.380 e. The first-order valence-electron chi connectivity index (χ1n) is 10.4. The molecule has 3 atom stereocenters. The number of hydrazine groups is 1. The van der Waals surface area contributed by atoms with Crippen molar-refractivity contribution in [2.45, 2.75) is 45.2 Å².